The van der Waals surface area contributed by atoms with Gasteiger partial charge in [-0.15, -0.1) is 0 Å². The van der Waals surface area contributed by atoms with Crippen LogP contribution in [0.15, 0.2) is 47.2 Å². The van der Waals surface area contributed by atoms with Crippen LogP contribution in [0.25, 0.3) is 12.2 Å². The SMILES string of the molecule is CCCCOC1=CC(OCCCC)C(=Cc2c(C)cc(C)cc2C)CC1=Cc1c(C)cc(C)cc1C. The second-order valence-electron chi connectivity index (χ2n) is 10.6. The van der Waals surface area contributed by atoms with Crippen molar-refractivity contribution in [2.45, 2.75) is 93.6 Å². The highest BCUT2D eigenvalue weighted by molar-refractivity contribution is 5.69. The quantitative estimate of drug-likeness (QED) is 0.311. The van der Waals surface area contributed by atoms with Crippen molar-refractivity contribution in [2.75, 3.05) is 13.2 Å². The number of ether oxygens (including phenoxy) is 2. The Balaban J connectivity index is 2.12. The molecular formula is C34H46O2. The molecule has 194 valence electrons. The van der Waals surface area contributed by atoms with Crippen LogP contribution in [0.5, 0.6) is 0 Å². The van der Waals surface area contributed by atoms with Crippen LogP contribution >= 0.6 is 0 Å². The molecule has 2 nitrogen and oxygen atoms in total. The first-order valence-corrected chi connectivity index (χ1v) is 13.8. The molecule has 0 aromatic heterocycles. The van der Waals surface area contributed by atoms with Crippen molar-refractivity contribution in [3.05, 3.63) is 91.8 Å². The van der Waals surface area contributed by atoms with Gasteiger partial charge in [0.15, 0.2) is 0 Å². The number of hydrogen-bond acceptors (Lipinski definition) is 2. The van der Waals surface area contributed by atoms with Crippen LogP contribution < -0.4 is 0 Å². The number of hydrogen-bond donors (Lipinski definition) is 0. The van der Waals surface area contributed by atoms with Crippen molar-refractivity contribution >= 4 is 12.2 Å². The standard InChI is InChI=1S/C34H46O2/c1-9-11-13-35-33-22-34(36-14-12-10-2)30(21-32-27(7)17-24(4)18-28(32)8)19-29(33)20-31-25(5)15-23(3)16-26(31)6/h15-18,20-22,33H,9-14,19H2,1-8H3. The van der Waals surface area contributed by atoms with Gasteiger partial charge in [-0.3, -0.25) is 0 Å². The summed E-state index contributed by atoms with van der Waals surface area (Å²) >= 11 is 0. The average Bonchev–Trinajstić information content (AvgIpc) is 2.80. The average molecular weight is 487 g/mol. The van der Waals surface area contributed by atoms with Crippen molar-refractivity contribution in [3.63, 3.8) is 0 Å². The molecule has 0 saturated carbocycles. The predicted octanol–water partition coefficient (Wildman–Crippen LogP) is 9.29. The summed E-state index contributed by atoms with van der Waals surface area (Å²) in [7, 11) is 0. The van der Waals surface area contributed by atoms with E-state index in [1.165, 1.54) is 55.7 Å². The molecule has 1 atom stereocenters. The summed E-state index contributed by atoms with van der Waals surface area (Å²) in [6, 6.07) is 9.10. The van der Waals surface area contributed by atoms with Crippen molar-refractivity contribution in [1.29, 1.82) is 0 Å². The summed E-state index contributed by atoms with van der Waals surface area (Å²) < 4.78 is 12.9. The molecule has 2 aromatic carbocycles. The minimum Gasteiger partial charge on any atom is -0.494 e. The van der Waals surface area contributed by atoms with Gasteiger partial charge in [0, 0.05) is 13.0 Å². The van der Waals surface area contributed by atoms with E-state index in [0.29, 0.717) is 0 Å². The first-order chi connectivity index (χ1) is 17.2. The number of unbranched alkanes of at least 4 members (excludes halogenated alkanes) is 2. The maximum absolute atomic E-state index is 6.46. The molecule has 0 spiro atoms. The number of allylic oxidation sites excluding steroid dienone is 1. The van der Waals surface area contributed by atoms with Crippen molar-refractivity contribution in [1.82, 2.24) is 0 Å². The molecule has 0 bridgehead atoms. The Kier molecular flexibility index (Phi) is 10.2. The Hall–Kier alpha value is -2.58. The van der Waals surface area contributed by atoms with E-state index >= 15 is 0 Å². The normalized spacial score (nSPS) is 18.1. The van der Waals surface area contributed by atoms with Gasteiger partial charge in [-0.05, 0) is 111 Å². The molecule has 0 fully saturated rings. The van der Waals surface area contributed by atoms with Gasteiger partial charge in [0.05, 0.1) is 6.61 Å². The van der Waals surface area contributed by atoms with Crippen molar-refractivity contribution in [3.8, 4) is 0 Å². The van der Waals surface area contributed by atoms with E-state index in [2.05, 4.69) is 97.9 Å². The van der Waals surface area contributed by atoms with Gasteiger partial charge < -0.3 is 9.47 Å². The van der Waals surface area contributed by atoms with E-state index in [4.69, 9.17) is 9.47 Å². The molecule has 1 aliphatic rings. The lowest BCUT2D eigenvalue weighted by atomic mass is 9.87. The van der Waals surface area contributed by atoms with Crippen LogP contribution in [0, 0.1) is 41.5 Å². The Morgan fingerprint density at radius 1 is 0.722 bits per heavy atom. The maximum atomic E-state index is 6.46. The lowest BCUT2D eigenvalue weighted by Gasteiger charge is -2.28. The second-order valence-corrected chi connectivity index (χ2v) is 10.6. The third-order valence-electron chi connectivity index (χ3n) is 7.05. The number of benzene rings is 2. The Morgan fingerprint density at radius 3 is 1.75 bits per heavy atom. The highest BCUT2D eigenvalue weighted by atomic mass is 16.5. The minimum absolute atomic E-state index is 0.0642. The van der Waals surface area contributed by atoms with E-state index < -0.39 is 0 Å². The fourth-order valence-corrected chi connectivity index (χ4v) is 5.19. The van der Waals surface area contributed by atoms with Crippen LogP contribution in [-0.4, -0.2) is 19.3 Å². The first-order valence-electron chi connectivity index (χ1n) is 13.8. The van der Waals surface area contributed by atoms with Crippen LogP contribution in [0.1, 0.15) is 90.5 Å². The number of rotatable bonds is 10. The van der Waals surface area contributed by atoms with Gasteiger partial charge in [0.1, 0.15) is 11.9 Å². The maximum Gasteiger partial charge on any atom is 0.121 e. The molecule has 36 heavy (non-hydrogen) atoms. The lowest BCUT2D eigenvalue weighted by molar-refractivity contribution is 0.0963. The van der Waals surface area contributed by atoms with E-state index in [1.54, 1.807) is 0 Å². The first kappa shape index (κ1) is 28.0. The molecular weight excluding hydrogens is 440 g/mol. The Bertz CT molecular complexity index is 1100. The third-order valence-corrected chi connectivity index (χ3v) is 7.05. The van der Waals surface area contributed by atoms with E-state index in [9.17, 15) is 0 Å². The predicted molar refractivity (Wildman–Crippen MR) is 155 cm³/mol. The molecule has 0 heterocycles. The molecule has 3 rings (SSSR count). The van der Waals surface area contributed by atoms with Crippen LogP contribution in [0.2, 0.25) is 0 Å². The van der Waals surface area contributed by atoms with Crippen LogP contribution in [0.3, 0.4) is 0 Å². The zero-order valence-electron chi connectivity index (χ0n) is 23.9. The smallest absolute Gasteiger partial charge is 0.121 e. The summed E-state index contributed by atoms with van der Waals surface area (Å²) in [6.45, 7) is 19.1. The summed E-state index contributed by atoms with van der Waals surface area (Å²) in [4.78, 5) is 0. The van der Waals surface area contributed by atoms with E-state index in [-0.39, 0.29) is 6.10 Å². The van der Waals surface area contributed by atoms with Gasteiger partial charge in [-0.25, -0.2) is 0 Å². The second kappa shape index (κ2) is 13.1. The fourth-order valence-electron chi connectivity index (χ4n) is 5.19. The molecule has 0 aliphatic heterocycles. The summed E-state index contributed by atoms with van der Waals surface area (Å²) in [5.74, 6) is 0.985. The largest absolute Gasteiger partial charge is 0.494 e. The van der Waals surface area contributed by atoms with Gasteiger partial charge in [0.25, 0.3) is 0 Å². The highest BCUT2D eigenvalue weighted by Crippen LogP contribution is 2.36. The van der Waals surface area contributed by atoms with Crippen LogP contribution in [0.4, 0.5) is 0 Å². The topological polar surface area (TPSA) is 18.5 Å². The summed E-state index contributed by atoms with van der Waals surface area (Å²) in [6.07, 6.45) is 12.1. The van der Waals surface area contributed by atoms with E-state index in [1.807, 2.05) is 0 Å². The zero-order chi connectivity index (χ0) is 26.2. The van der Waals surface area contributed by atoms with Crippen molar-refractivity contribution < 1.29 is 9.47 Å². The fraction of sp³-hybridized carbons (Fsp3) is 0.471. The zero-order valence-corrected chi connectivity index (χ0v) is 23.9. The molecule has 2 aromatic rings. The Morgan fingerprint density at radius 2 is 1.22 bits per heavy atom. The molecule has 0 saturated heterocycles. The number of aryl methyl sites for hydroxylation is 6. The molecule has 0 N–H and O–H groups in total. The lowest BCUT2D eigenvalue weighted by Crippen LogP contribution is -2.21. The van der Waals surface area contributed by atoms with E-state index in [0.717, 1.165) is 51.1 Å². The highest BCUT2D eigenvalue weighted by Gasteiger charge is 2.25. The summed E-state index contributed by atoms with van der Waals surface area (Å²) in [5, 5.41) is 0. The molecule has 0 amide bonds. The molecule has 2 heteroatoms. The minimum atomic E-state index is -0.0642. The monoisotopic (exact) mass is 486 g/mol. The van der Waals surface area contributed by atoms with Crippen molar-refractivity contribution in [2.24, 2.45) is 0 Å². The van der Waals surface area contributed by atoms with Gasteiger partial charge in [0.2, 0.25) is 0 Å². The van der Waals surface area contributed by atoms with Gasteiger partial charge >= 0.3 is 0 Å². The molecule has 0 radical (unpaired) electrons. The van der Waals surface area contributed by atoms with Gasteiger partial charge in [-0.1, -0.05) is 68.2 Å². The van der Waals surface area contributed by atoms with Gasteiger partial charge in [-0.2, -0.15) is 0 Å². The summed E-state index contributed by atoms with van der Waals surface area (Å²) in [5.41, 5.74) is 13.0. The molecule has 1 aliphatic carbocycles. The third kappa shape index (κ3) is 7.23. The van der Waals surface area contributed by atoms with Crippen LogP contribution in [-0.2, 0) is 9.47 Å². The Labute approximate surface area is 220 Å². The molecule has 1 unspecified atom stereocenters.